The first kappa shape index (κ1) is 26.4. The standard InChI is InChI=1S/C31H33N5O2S/c1-20-8-7-9-23(18-20)33-28(37)15-17-35-30(29(34-31(35)39)27-10-5-6-16-32-27)26-19-21(2)36(22(26)3)24-11-13-25(38-4)14-12-24/h5-14,16,18-19,29-30H,15,17H2,1-4H3,(H,33,37)(H,34,39)/t29-,30-/m1/s1. The van der Waals surface area contributed by atoms with Crippen LogP contribution in [0.15, 0.2) is 79.0 Å². The van der Waals surface area contributed by atoms with Gasteiger partial charge in [0.25, 0.3) is 0 Å². The molecule has 0 unspecified atom stereocenters. The van der Waals surface area contributed by atoms with Crippen LogP contribution in [0.5, 0.6) is 5.75 Å². The van der Waals surface area contributed by atoms with Crippen molar-refractivity contribution in [2.24, 2.45) is 0 Å². The van der Waals surface area contributed by atoms with Crippen LogP contribution in [-0.2, 0) is 4.79 Å². The maximum atomic E-state index is 12.9. The van der Waals surface area contributed by atoms with Crippen molar-refractivity contribution in [1.82, 2.24) is 19.8 Å². The van der Waals surface area contributed by atoms with Crippen molar-refractivity contribution in [3.8, 4) is 11.4 Å². The Labute approximate surface area is 234 Å². The summed E-state index contributed by atoms with van der Waals surface area (Å²) in [6, 6.07) is 23.7. The fourth-order valence-electron chi connectivity index (χ4n) is 5.37. The summed E-state index contributed by atoms with van der Waals surface area (Å²) >= 11 is 5.83. The van der Waals surface area contributed by atoms with Gasteiger partial charge in [-0.2, -0.15) is 0 Å². The third kappa shape index (κ3) is 5.52. The van der Waals surface area contributed by atoms with E-state index in [1.54, 1.807) is 13.3 Å². The molecule has 39 heavy (non-hydrogen) atoms. The quantitative estimate of drug-likeness (QED) is 0.276. The number of nitrogens with zero attached hydrogens (tertiary/aromatic N) is 3. The molecule has 1 aliphatic rings. The Morgan fingerprint density at radius 2 is 1.85 bits per heavy atom. The predicted octanol–water partition coefficient (Wildman–Crippen LogP) is 5.81. The first-order chi connectivity index (χ1) is 18.9. The molecule has 2 atom stereocenters. The monoisotopic (exact) mass is 539 g/mol. The number of hydrogen-bond acceptors (Lipinski definition) is 4. The number of carbonyl (C=O) groups excluding carboxylic acids is 1. The summed E-state index contributed by atoms with van der Waals surface area (Å²) in [5.74, 6) is 0.768. The first-order valence-corrected chi connectivity index (χ1v) is 13.4. The van der Waals surface area contributed by atoms with Crippen LogP contribution in [0.1, 0.15) is 46.7 Å². The lowest BCUT2D eigenvalue weighted by molar-refractivity contribution is -0.116. The molecule has 0 aliphatic carbocycles. The smallest absolute Gasteiger partial charge is 0.226 e. The predicted molar refractivity (Wildman–Crippen MR) is 158 cm³/mol. The van der Waals surface area contributed by atoms with Gasteiger partial charge in [-0.15, -0.1) is 0 Å². The maximum absolute atomic E-state index is 12.9. The van der Waals surface area contributed by atoms with Gasteiger partial charge in [-0.1, -0.05) is 18.2 Å². The normalized spacial score (nSPS) is 16.7. The minimum Gasteiger partial charge on any atom is -0.497 e. The van der Waals surface area contributed by atoms with Crippen LogP contribution in [0.2, 0.25) is 0 Å². The number of benzene rings is 2. The SMILES string of the molecule is COc1ccc(-n2c(C)cc([C@@H]3[C@@H](c4ccccn4)NC(=S)N3CCC(=O)Nc3cccc(C)c3)c2C)cc1. The van der Waals surface area contributed by atoms with Gasteiger partial charge >= 0.3 is 0 Å². The molecular formula is C31H33N5O2S. The van der Waals surface area contributed by atoms with Crippen molar-refractivity contribution in [2.75, 3.05) is 19.0 Å². The minimum absolute atomic E-state index is 0.0489. The molecule has 2 aromatic heterocycles. The van der Waals surface area contributed by atoms with Crippen LogP contribution in [-0.4, -0.2) is 39.1 Å². The molecular weight excluding hydrogens is 506 g/mol. The molecule has 2 aromatic carbocycles. The van der Waals surface area contributed by atoms with Gasteiger partial charge in [0, 0.05) is 41.9 Å². The summed E-state index contributed by atoms with van der Waals surface area (Å²) in [5, 5.41) is 7.14. The number of carbonyl (C=O) groups is 1. The van der Waals surface area contributed by atoms with Crippen LogP contribution in [0, 0.1) is 20.8 Å². The van der Waals surface area contributed by atoms with E-state index in [0.29, 0.717) is 18.1 Å². The average molecular weight is 540 g/mol. The van der Waals surface area contributed by atoms with Gasteiger partial charge in [-0.3, -0.25) is 9.78 Å². The summed E-state index contributed by atoms with van der Waals surface area (Å²) in [7, 11) is 1.67. The second kappa shape index (κ2) is 11.3. The Kier molecular flexibility index (Phi) is 7.65. The molecule has 7 nitrogen and oxygen atoms in total. The molecule has 1 fully saturated rings. The van der Waals surface area contributed by atoms with E-state index in [-0.39, 0.29) is 18.0 Å². The van der Waals surface area contributed by atoms with Crippen molar-refractivity contribution in [2.45, 2.75) is 39.3 Å². The highest BCUT2D eigenvalue weighted by Crippen LogP contribution is 2.41. The lowest BCUT2D eigenvalue weighted by Gasteiger charge is -2.28. The maximum Gasteiger partial charge on any atom is 0.226 e. The number of anilines is 1. The molecule has 200 valence electrons. The Bertz CT molecular complexity index is 1480. The van der Waals surface area contributed by atoms with Crippen molar-refractivity contribution in [3.05, 3.63) is 107 Å². The van der Waals surface area contributed by atoms with E-state index < -0.39 is 0 Å². The molecule has 8 heteroatoms. The fourth-order valence-corrected chi connectivity index (χ4v) is 5.70. The summed E-state index contributed by atoms with van der Waals surface area (Å²) in [6.45, 7) is 6.72. The van der Waals surface area contributed by atoms with Crippen LogP contribution < -0.4 is 15.4 Å². The van der Waals surface area contributed by atoms with Crippen molar-refractivity contribution in [3.63, 3.8) is 0 Å². The molecule has 0 spiro atoms. The van der Waals surface area contributed by atoms with E-state index in [0.717, 1.165) is 45.3 Å². The third-order valence-electron chi connectivity index (χ3n) is 7.20. The van der Waals surface area contributed by atoms with E-state index in [9.17, 15) is 4.79 Å². The molecule has 4 aromatic rings. The van der Waals surface area contributed by atoms with Gasteiger partial charge in [0.05, 0.1) is 24.9 Å². The molecule has 3 heterocycles. The van der Waals surface area contributed by atoms with E-state index in [1.807, 2.05) is 61.5 Å². The average Bonchev–Trinajstić information content (AvgIpc) is 3.42. The molecule has 2 N–H and O–H groups in total. The molecule has 0 bridgehead atoms. The zero-order valence-electron chi connectivity index (χ0n) is 22.6. The highest BCUT2D eigenvalue weighted by Gasteiger charge is 2.41. The molecule has 1 amide bonds. The summed E-state index contributed by atoms with van der Waals surface area (Å²) in [6.07, 6.45) is 2.11. The number of thiocarbonyl (C=S) groups is 1. The van der Waals surface area contributed by atoms with Crippen molar-refractivity contribution >= 4 is 28.9 Å². The lowest BCUT2D eigenvalue weighted by Crippen LogP contribution is -2.32. The molecule has 1 aliphatic heterocycles. The number of nitrogens with one attached hydrogen (secondary N) is 2. The Morgan fingerprint density at radius 1 is 1.05 bits per heavy atom. The fraction of sp³-hybridized carbons (Fsp3) is 0.258. The zero-order chi connectivity index (χ0) is 27.5. The highest BCUT2D eigenvalue weighted by atomic mass is 32.1. The Morgan fingerprint density at radius 3 is 2.54 bits per heavy atom. The number of hydrogen-bond donors (Lipinski definition) is 2. The molecule has 5 rings (SSSR count). The van der Waals surface area contributed by atoms with Gasteiger partial charge in [0.1, 0.15) is 5.75 Å². The minimum atomic E-state index is -0.150. The zero-order valence-corrected chi connectivity index (χ0v) is 23.5. The number of ether oxygens (including phenoxy) is 1. The van der Waals surface area contributed by atoms with Gasteiger partial charge in [-0.05, 0) is 98.7 Å². The van der Waals surface area contributed by atoms with Crippen LogP contribution in [0.25, 0.3) is 5.69 Å². The first-order valence-electron chi connectivity index (χ1n) is 13.0. The van der Waals surface area contributed by atoms with Crippen LogP contribution in [0.4, 0.5) is 5.69 Å². The number of rotatable bonds is 8. The van der Waals surface area contributed by atoms with Crippen molar-refractivity contribution in [1.29, 1.82) is 0 Å². The van der Waals surface area contributed by atoms with Crippen molar-refractivity contribution < 1.29 is 9.53 Å². The number of methoxy groups -OCH3 is 1. The second-order valence-corrected chi connectivity index (χ2v) is 10.2. The van der Waals surface area contributed by atoms with Gasteiger partial charge in [0.15, 0.2) is 5.11 Å². The van der Waals surface area contributed by atoms with Gasteiger partial charge in [0.2, 0.25) is 5.91 Å². The van der Waals surface area contributed by atoms with E-state index in [4.69, 9.17) is 17.0 Å². The summed E-state index contributed by atoms with van der Waals surface area (Å²) in [4.78, 5) is 19.7. The topological polar surface area (TPSA) is 71.4 Å². The summed E-state index contributed by atoms with van der Waals surface area (Å²) in [5.41, 5.74) is 7.24. The molecule has 1 saturated heterocycles. The highest BCUT2D eigenvalue weighted by molar-refractivity contribution is 7.80. The number of pyridine rings is 1. The second-order valence-electron chi connectivity index (χ2n) is 9.85. The Balaban J connectivity index is 1.46. The Hall–Kier alpha value is -4.17. The van der Waals surface area contributed by atoms with Crippen LogP contribution >= 0.6 is 12.2 Å². The largest absolute Gasteiger partial charge is 0.497 e. The number of aryl methyl sites for hydroxylation is 2. The van der Waals surface area contributed by atoms with E-state index in [2.05, 4.69) is 57.1 Å². The third-order valence-corrected chi connectivity index (χ3v) is 7.55. The van der Waals surface area contributed by atoms with Gasteiger partial charge in [-0.25, -0.2) is 0 Å². The number of amides is 1. The van der Waals surface area contributed by atoms with E-state index in [1.165, 1.54) is 0 Å². The number of aromatic nitrogens is 2. The summed E-state index contributed by atoms with van der Waals surface area (Å²) < 4.78 is 7.60. The molecule has 0 saturated carbocycles. The van der Waals surface area contributed by atoms with Gasteiger partial charge < -0.3 is 24.8 Å². The van der Waals surface area contributed by atoms with Crippen LogP contribution in [0.3, 0.4) is 0 Å². The lowest BCUT2D eigenvalue weighted by atomic mass is 9.96. The van der Waals surface area contributed by atoms with E-state index >= 15 is 0 Å². The molecule has 0 radical (unpaired) electrons.